The summed E-state index contributed by atoms with van der Waals surface area (Å²) in [5, 5.41) is 2.85. The zero-order chi connectivity index (χ0) is 13.1. The van der Waals surface area contributed by atoms with Gasteiger partial charge in [0.25, 0.3) is 5.91 Å². The molecule has 0 fully saturated rings. The van der Waals surface area contributed by atoms with Gasteiger partial charge in [-0.25, -0.2) is 4.98 Å². The van der Waals surface area contributed by atoms with Crippen LogP contribution in [0.3, 0.4) is 0 Å². The molecule has 1 aromatic carbocycles. The van der Waals surface area contributed by atoms with Crippen molar-refractivity contribution in [3.05, 3.63) is 55.8 Å². The molecule has 2 rings (SSSR count). The Hall–Kier alpha value is -0.950. The molecule has 0 radical (unpaired) electrons. The van der Waals surface area contributed by atoms with Crippen LogP contribution in [0.2, 0.25) is 0 Å². The highest BCUT2D eigenvalue weighted by atomic mass is 127. The fourth-order valence-corrected chi connectivity index (χ4v) is 2.37. The van der Waals surface area contributed by atoms with Gasteiger partial charge in [0.05, 0.1) is 5.56 Å². The van der Waals surface area contributed by atoms with E-state index in [2.05, 4.69) is 48.8 Å². The van der Waals surface area contributed by atoms with Gasteiger partial charge in [-0.2, -0.15) is 0 Å². The highest BCUT2D eigenvalue weighted by Crippen LogP contribution is 2.19. The number of halogens is 2. The Morgan fingerprint density at radius 3 is 2.83 bits per heavy atom. The highest BCUT2D eigenvalue weighted by Gasteiger charge is 2.10. The van der Waals surface area contributed by atoms with Crippen molar-refractivity contribution in [3.8, 4) is 0 Å². The molecule has 0 saturated carbocycles. The molecule has 92 valence electrons. The number of carbonyl (C=O) groups is 1. The van der Waals surface area contributed by atoms with E-state index in [1.165, 1.54) is 5.56 Å². The molecular weight excluding hydrogens is 407 g/mol. The Morgan fingerprint density at radius 2 is 2.17 bits per heavy atom. The smallest absolute Gasteiger partial charge is 0.258 e. The number of nitrogens with one attached hydrogen (secondary N) is 1. The van der Waals surface area contributed by atoms with Crippen molar-refractivity contribution in [2.45, 2.75) is 6.92 Å². The van der Waals surface area contributed by atoms with Gasteiger partial charge in [0.1, 0.15) is 4.60 Å². The first-order chi connectivity index (χ1) is 8.58. The summed E-state index contributed by atoms with van der Waals surface area (Å²) in [5.41, 5.74) is 2.50. The van der Waals surface area contributed by atoms with Crippen LogP contribution in [-0.2, 0) is 0 Å². The van der Waals surface area contributed by atoms with Gasteiger partial charge < -0.3 is 5.32 Å². The summed E-state index contributed by atoms with van der Waals surface area (Å²) >= 11 is 5.51. The van der Waals surface area contributed by atoms with Crippen molar-refractivity contribution in [1.82, 2.24) is 4.98 Å². The molecule has 0 bridgehead atoms. The summed E-state index contributed by atoms with van der Waals surface area (Å²) in [7, 11) is 0. The van der Waals surface area contributed by atoms with Crippen molar-refractivity contribution >= 4 is 50.1 Å². The third-order valence-corrected chi connectivity index (χ3v) is 4.23. The normalized spacial score (nSPS) is 10.2. The van der Waals surface area contributed by atoms with E-state index in [0.717, 1.165) is 9.26 Å². The number of aromatic nitrogens is 1. The van der Waals surface area contributed by atoms with Crippen molar-refractivity contribution in [1.29, 1.82) is 0 Å². The minimum Gasteiger partial charge on any atom is -0.322 e. The van der Waals surface area contributed by atoms with Crippen LogP contribution in [0, 0.1) is 10.5 Å². The molecular formula is C13H10BrIN2O. The van der Waals surface area contributed by atoms with Crippen molar-refractivity contribution in [2.75, 3.05) is 5.32 Å². The molecule has 1 N–H and O–H groups in total. The van der Waals surface area contributed by atoms with Crippen LogP contribution in [0.1, 0.15) is 15.9 Å². The molecule has 0 aliphatic rings. The molecule has 5 heteroatoms. The third-order valence-electron chi connectivity index (χ3n) is 2.43. The first-order valence-corrected chi connectivity index (χ1v) is 7.13. The number of hydrogen-bond acceptors (Lipinski definition) is 2. The maximum Gasteiger partial charge on any atom is 0.258 e. The van der Waals surface area contributed by atoms with Crippen LogP contribution in [0.15, 0.2) is 41.1 Å². The summed E-state index contributed by atoms with van der Waals surface area (Å²) in [4.78, 5) is 16.1. The van der Waals surface area contributed by atoms with Crippen LogP contribution >= 0.6 is 38.5 Å². The molecule has 0 spiro atoms. The maximum atomic E-state index is 12.0. The van der Waals surface area contributed by atoms with Gasteiger partial charge in [-0.15, -0.1) is 0 Å². The first kappa shape index (κ1) is 13.5. The highest BCUT2D eigenvalue weighted by molar-refractivity contribution is 14.1. The molecule has 2 aromatic rings. The van der Waals surface area contributed by atoms with E-state index < -0.39 is 0 Å². The maximum absolute atomic E-state index is 12.0. The molecule has 3 nitrogen and oxygen atoms in total. The van der Waals surface area contributed by atoms with Crippen LogP contribution in [0.4, 0.5) is 5.69 Å². The summed E-state index contributed by atoms with van der Waals surface area (Å²) in [6.45, 7) is 2.03. The fourth-order valence-electron chi connectivity index (χ4n) is 1.42. The van der Waals surface area contributed by atoms with Crippen molar-refractivity contribution in [2.24, 2.45) is 0 Å². The van der Waals surface area contributed by atoms with Gasteiger partial charge in [0.15, 0.2) is 0 Å². The molecule has 0 atom stereocenters. The number of rotatable bonds is 2. The SMILES string of the molecule is Cc1ccc(NC(=O)c2cccnc2Br)cc1I. The summed E-state index contributed by atoms with van der Waals surface area (Å²) in [5.74, 6) is -0.172. The van der Waals surface area contributed by atoms with Crippen LogP contribution in [0.25, 0.3) is 0 Å². The van der Waals surface area contributed by atoms with Gasteiger partial charge >= 0.3 is 0 Å². The van der Waals surface area contributed by atoms with E-state index in [-0.39, 0.29) is 5.91 Å². The number of nitrogens with zero attached hydrogens (tertiary/aromatic N) is 1. The Bertz CT molecular complexity index is 601. The van der Waals surface area contributed by atoms with Crippen molar-refractivity contribution in [3.63, 3.8) is 0 Å². The number of amides is 1. The average molecular weight is 417 g/mol. The summed E-state index contributed by atoms with van der Waals surface area (Å²) < 4.78 is 1.67. The third kappa shape index (κ3) is 3.08. The predicted octanol–water partition coefficient (Wildman–Crippen LogP) is 4.01. The van der Waals surface area contributed by atoms with E-state index in [1.54, 1.807) is 18.3 Å². The Balaban J connectivity index is 2.22. The quantitative estimate of drug-likeness (QED) is 0.593. The second kappa shape index (κ2) is 5.79. The Morgan fingerprint density at radius 1 is 1.39 bits per heavy atom. The molecule has 18 heavy (non-hydrogen) atoms. The zero-order valence-corrected chi connectivity index (χ0v) is 13.3. The Labute approximate surface area is 127 Å². The number of benzene rings is 1. The predicted molar refractivity (Wildman–Crippen MR) is 83.8 cm³/mol. The largest absolute Gasteiger partial charge is 0.322 e. The molecule has 0 unspecified atom stereocenters. The van der Waals surface area contributed by atoms with Crippen LogP contribution in [-0.4, -0.2) is 10.9 Å². The monoisotopic (exact) mass is 416 g/mol. The average Bonchev–Trinajstić information content (AvgIpc) is 2.34. The van der Waals surface area contributed by atoms with Crippen LogP contribution < -0.4 is 5.32 Å². The standard InChI is InChI=1S/C13H10BrIN2O/c1-8-4-5-9(7-11(8)15)17-13(18)10-3-2-6-16-12(10)14/h2-7H,1H3,(H,17,18). The number of carbonyl (C=O) groups excluding carboxylic acids is 1. The summed E-state index contributed by atoms with van der Waals surface area (Å²) in [6.07, 6.45) is 1.63. The van der Waals surface area contributed by atoms with E-state index in [0.29, 0.717) is 10.2 Å². The van der Waals surface area contributed by atoms with E-state index in [1.807, 2.05) is 25.1 Å². The fraction of sp³-hybridized carbons (Fsp3) is 0.0769. The lowest BCUT2D eigenvalue weighted by Crippen LogP contribution is -2.13. The number of aryl methyl sites for hydroxylation is 1. The van der Waals surface area contributed by atoms with Crippen molar-refractivity contribution < 1.29 is 4.79 Å². The summed E-state index contributed by atoms with van der Waals surface area (Å²) in [6, 6.07) is 9.28. The Kier molecular flexibility index (Phi) is 4.34. The topological polar surface area (TPSA) is 42.0 Å². The molecule has 0 saturated heterocycles. The molecule has 1 heterocycles. The van der Waals surface area contributed by atoms with Gasteiger partial charge in [0, 0.05) is 15.5 Å². The van der Waals surface area contributed by atoms with E-state index >= 15 is 0 Å². The molecule has 1 amide bonds. The lowest BCUT2D eigenvalue weighted by atomic mass is 10.2. The lowest BCUT2D eigenvalue weighted by molar-refractivity contribution is 0.102. The minimum absolute atomic E-state index is 0.172. The first-order valence-electron chi connectivity index (χ1n) is 5.26. The number of pyridine rings is 1. The molecule has 0 aliphatic carbocycles. The minimum atomic E-state index is -0.172. The lowest BCUT2D eigenvalue weighted by Gasteiger charge is -2.07. The number of hydrogen-bond donors (Lipinski definition) is 1. The second-order valence-corrected chi connectivity index (χ2v) is 5.67. The molecule has 0 aliphatic heterocycles. The second-order valence-electron chi connectivity index (χ2n) is 3.76. The zero-order valence-electron chi connectivity index (χ0n) is 9.58. The van der Waals surface area contributed by atoms with Crippen LogP contribution in [0.5, 0.6) is 0 Å². The van der Waals surface area contributed by atoms with E-state index in [4.69, 9.17) is 0 Å². The molecule has 1 aromatic heterocycles. The van der Waals surface area contributed by atoms with E-state index in [9.17, 15) is 4.79 Å². The van der Waals surface area contributed by atoms with Gasteiger partial charge in [-0.3, -0.25) is 4.79 Å². The van der Waals surface area contributed by atoms with Gasteiger partial charge in [-0.1, -0.05) is 6.07 Å². The van der Waals surface area contributed by atoms with Gasteiger partial charge in [0.2, 0.25) is 0 Å². The number of anilines is 1. The van der Waals surface area contributed by atoms with Gasteiger partial charge in [-0.05, 0) is 75.3 Å².